The molecule has 122 valence electrons. The third-order valence-electron chi connectivity index (χ3n) is 4.80. The lowest BCUT2D eigenvalue weighted by Gasteiger charge is -2.08. The summed E-state index contributed by atoms with van der Waals surface area (Å²) in [6.07, 6.45) is 5.42. The lowest BCUT2D eigenvalue weighted by molar-refractivity contribution is 0.478. The van der Waals surface area contributed by atoms with Crippen LogP contribution in [0.5, 0.6) is 0 Å². The van der Waals surface area contributed by atoms with Gasteiger partial charge in [-0.05, 0) is 42.9 Å². The molecule has 24 heavy (non-hydrogen) atoms. The number of thioether (sulfide) groups is 1. The molecule has 0 amide bonds. The van der Waals surface area contributed by atoms with Gasteiger partial charge >= 0.3 is 0 Å². The Morgan fingerprint density at radius 3 is 2.71 bits per heavy atom. The third-order valence-corrected chi connectivity index (χ3v) is 6.13. The Labute approximate surface area is 145 Å². The van der Waals surface area contributed by atoms with Crippen molar-refractivity contribution in [3.05, 3.63) is 65.9 Å². The molecule has 3 aromatic rings. The van der Waals surface area contributed by atoms with E-state index in [1.165, 1.54) is 24.8 Å². The molecular weight excluding hydrogens is 318 g/mol. The molecule has 2 aliphatic rings. The van der Waals surface area contributed by atoms with Gasteiger partial charge in [0.25, 0.3) is 0 Å². The summed E-state index contributed by atoms with van der Waals surface area (Å²) in [7, 11) is 0. The zero-order valence-electron chi connectivity index (χ0n) is 13.3. The van der Waals surface area contributed by atoms with Crippen LogP contribution in [0.4, 0.5) is 0 Å². The molecule has 2 heterocycles. The van der Waals surface area contributed by atoms with Crippen molar-refractivity contribution in [3.63, 3.8) is 0 Å². The Morgan fingerprint density at radius 1 is 1.08 bits per heavy atom. The summed E-state index contributed by atoms with van der Waals surface area (Å²) < 4.78 is 7.81. The molecule has 1 aromatic carbocycles. The number of hydrogen-bond donors (Lipinski definition) is 0. The van der Waals surface area contributed by atoms with Crippen LogP contribution in [0.2, 0.25) is 0 Å². The third kappa shape index (κ3) is 2.77. The van der Waals surface area contributed by atoms with Crippen molar-refractivity contribution < 1.29 is 4.42 Å². The lowest BCUT2D eigenvalue weighted by Crippen LogP contribution is -2.05. The van der Waals surface area contributed by atoms with Crippen molar-refractivity contribution in [2.75, 3.05) is 0 Å². The van der Waals surface area contributed by atoms with Gasteiger partial charge in [-0.25, -0.2) is 0 Å². The second-order valence-electron chi connectivity index (χ2n) is 6.69. The first-order valence-electron chi connectivity index (χ1n) is 8.55. The van der Waals surface area contributed by atoms with Crippen LogP contribution < -0.4 is 0 Å². The first-order chi connectivity index (χ1) is 11.9. The van der Waals surface area contributed by atoms with Gasteiger partial charge < -0.3 is 4.42 Å². The molecule has 0 bridgehead atoms. The Balaban J connectivity index is 1.36. The predicted octanol–water partition coefficient (Wildman–Crippen LogP) is 4.45. The van der Waals surface area contributed by atoms with Crippen LogP contribution in [0, 0.1) is 0 Å². The largest absolute Gasteiger partial charge is 0.467 e. The monoisotopic (exact) mass is 337 g/mol. The predicted molar refractivity (Wildman–Crippen MR) is 93.3 cm³/mol. The van der Waals surface area contributed by atoms with Gasteiger partial charge in [0.2, 0.25) is 0 Å². The highest BCUT2D eigenvalue weighted by Crippen LogP contribution is 2.52. The maximum absolute atomic E-state index is 5.54. The zero-order valence-corrected chi connectivity index (χ0v) is 14.2. The van der Waals surface area contributed by atoms with E-state index in [-0.39, 0.29) is 0 Å². The molecule has 2 atom stereocenters. The van der Waals surface area contributed by atoms with Gasteiger partial charge in [0.1, 0.15) is 11.6 Å². The molecule has 2 unspecified atom stereocenters. The summed E-state index contributed by atoms with van der Waals surface area (Å²) in [6.45, 7) is 0.733. The second-order valence-corrected chi connectivity index (χ2v) is 7.90. The minimum Gasteiger partial charge on any atom is -0.467 e. The van der Waals surface area contributed by atoms with Crippen molar-refractivity contribution in [1.82, 2.24) is 14.8 Å². The number of furan rings is 1. The molecule has 5 rings (SSSR count). The highest BCUT2D eigenvalue weighted by molar-refractivity contribution is 8.00. The molecule has 0 radical (unpaired) electrons. The SMILES string of the molecule is c1ccc(C2CC2Sc2nnc(C3CC3)n2Cc2ccco2)cc1. The smallest absolute Gasteiger partial charge is 0.191 e. The minimum absolute atomic E-state index is 0.589. The first-order valence-corrected chi connectivity index (χ1v) is 9.43. The van der Waals surface area contributed by atoms with Gasteiger partial charge in [-0.2, -0.15) is 0 Å². The van der Waals surface area contributed by atoms with Crippen LogP contribution in [0.15, 0.2) is 58.3 Å². The first kappa shape index (κ1) is 14.3. The molecule has 2 aromatic heterocycles. The molecule has 0 saturated heterocycles. The molecule has 2 fully saturated rings. The van der Waals surface area contributed by atoms with Crippen LogP contribution in [0.25, 0.3) is 0 Å². The molecule has 2 saturated carbocycles. The molecule has 0 N–H and O–H groups in total. The fourth-order valence-corrected chi connectivity index (χ4v) is 4.50. The van der Waals surface area contributed by atoms with Crippen LogP contribution in [-0.2, 0) is 6.54 Å². The van der Waals surface area contributed by atoms with Crippen molar-refractivity contribution in [3.8, 4) is 0 Å². The number of hydrogen-bond acceptors (Lipinski definition) is 4. The van der Waals surface area contributed by atoms with Gasteiger partial charge in [-0.15, -0.1) is 10.2 Å². The summed E-state index contributed by atoms with van der Waals surface area (Å²) in [5.74, 6) is 3.33. The average molecular weight is 337 g/mol. The standard InChI is InChI=1S/C19H19N3OS/c1-2-5-13(6-3-1)16-11-17(16)24-19-21-20-18(14-8-9-14)22(19)12-15-7-4-10-23-15/h1-7,10,14,16-17H,8-9,11-12H2. The Hall–Kier alpha value is -2.01. The summed E-state index contributed by atoms with van der Waals surface area (Å²) in [5, 5.41) is 10.6. The number of benzene rings is 1. The summed E-state index contributed by atoms with van der Waals surface area (Å²) in [6, 6.07) is 14.8. The molecule has 0 aliphatic heterocycles. The zero-order chi connectivity index (χ0) is 15.9. The number of rotatable bonds is 6. The van der Waals surface area contributed by atoms with Crippen molar-refractivity contribution in [1.29, 1.82) is 0 Å². The van der Waals surface area contributed by atoms with Crippen molar-refractivity contribution in [2.45, 2.75) is 48.0 Å². The number of aromatic nitrogens is 3. The Morgan fingerprint density at radius 2 is 1.96 bits per heavy atom. The maximum atomic E-state index is 5.54. The van der Waals surface area contributed by atoms with Crippen LogP contribution in [0.1, 0.15) is 48.2 Å². The van der Waals surface area contributed by atoms with Crippen LogP contribution in [0.3, 0.4) is 0 Å². The van der Waals surface area contributed by atoms with Gasteiger partial charge in [0.15, 0.2) is 5.16 Å². The molecule has 2 aliphatic carbocycles. The van der Waals surface area contributed by atoms with Crippen LogP contribution in [-0.4, -0.2) is 20.0 Å². The van der Waals surface area contributed by atoms with Gasteiger partial charge in [-0.3, -0.25) is 4.57 Å². The highest BCUT2D eigenvalue weighted by atomic mass is 32.2. The second kappa shape index (κ2) is 5.81. The van der Waals surface area contributed by atoms with E-state index < -0.39 is 0 Å². The maximum Gasteiger partial charge on any atom is 0.191 e. The van der Waals surface area contributed by atoms with Gasteiger partial charge in [-0.1, -0.05) is 42.1 Å². The summed E-state index contributed by atoms with van der Waals surface area (Å²) >= 11 is 1.87. The Bertz CT molecular complexity index is 824. The Kier molecular flexibility index (Phi) is 3.47. The molecule has 4 nitrogen and oxygen atoms in total. The van der Waals surface area contributed by atoms with E-state index in [0.29, 0.717) is 17.1 Å². The summed E-state index contributed by atoms with van der Waals surface area (Å²) in [4.78, 5) is 0. The minimum atomic E-state index is 0.589. The summed E-state index contributed by atoms with van der Waals surface area (Å²) in [5.41, 5.74) is 1.44. The molecule has 5 heteroatoms. The molecular formula is C19H19N3OS. The van der Waals surface area contributed by atoms with E-state index in [0.717, 1.165) is 23.3 Å². The van der Waals surface area contributed by atoms with Crippen LogP contribution >= 0.6 is 11.8 Å². The fraction of sp³-hybridized carbons (Fsp3) is 0.368. The van der Waals surface area contributed by atoms with E-state index in [4.69, 9.17) is 4.42 Å². The topological polar surface area (TPSA) is 43.9 Å². The van der Waals surface area contributed by atoms with Gasteiger partial charge in [0, 0.05) is 11.2 Å². The molecule has 0 spiro atoms. The average Bonchev–Trinajstić information content (AvgIpc) is 3.51. The lowest BCUT2D eigenvalue weighted by atomic mass is 10.1. The highest BCUT2D eigenvalue weighted by Gasteiger charge is 2.41. The van der Waals surface area contributed by atoms with Crippen molar-refractivity contribution in [2.24, 2.45) is 0 Å². The van der Waals surface area contributed by atoms with E-state index in [1.54, 1.807) is 6.26 Å². The normalized spacial score (nSPS) is 22.7. The van der Waals surface area contributed by atoms with E-state index >= 15 is 0 Å². The van der Waals surface area contributed by atoms with E-state index in [2.05, 4.69) is 45.1 Å². The van der Waals surface area contributed by atoms with Crippen molar-refractivity contribution >= 4 is 11.8 Å². The van der Waals surface area contributed by atoms with E-state index in [9.17, 15) is 0 Å². The van der Waals surface area contributed by atoms with Gasteiger partial charge in [0.05, 0.1) is 12.8 Å². The van der Waals surface area contributed by atoms with E-state index in [1.807, 2.05) is 23.9 Å². The fourth-order valence-electron chi connectivity index (χ4n) is 3.23. The quantitative estimate of drug-likeness (QED) is 0.667. The number of nitrogens with zero attached hydrogens (tertiary/aromatic N) is 3.